The first-order valence-electron chi connectivity index (χ1n) is 7.79. The van der Waals surface area contributed by atoms with Gasteiger partial charge in [-0.2, -0.15) is 0 Å². The van der Waals surface area contributed by atoms with Crippen LogP contribution in [0.2, 0.25) is 0 Å². The highest BCUT2D eigenvalue weighted by atomic mass is 79.9. The molecular weight excluding hydrogens is 375 g/mol. The van der Waals surface area contributed by atoms with Gasteiger partial charge in [0.2, 0.25) is 5.91 Å². The summed E-state index contributed by atoms with van der Waals surface area (Å²) in [6.45, 7) is 2.70. The third-order valence-electron chi connectivity index (χ3n) is 3.89. The number of hydrogen-bond donors (Lipinski definition) is 1. The summed E-state index contributed by atoms with van der Waals surface area (Å²) in [5.74, 6) is -0.551. The second-order valence-electron chi connectivity index (χ2n) is 5.58. The number of anilines is 2. The van der Waals surface area contributed by atoms with E-state index >= 15 is 0 Å². The minimum Gasteiger partial charge on any atom is -0.378 e. The maximum Gasteiger partial charge on any atom is 0.228 e. The van der Waals surface area contributed by atoms with Crippen LogP contribution in [0.3, 0.4) is 0 Å². The number of morpholine rings is 1. The Balaban J connectivity index is 1.77. The fraction of sp³-hybridized carbons (Fsp3) is 0.278. The maximum atomic E-state index is 13.7. The van der Waals surface area contributed by atoms with Crippen molar-refractivity contribution in [2.24, 2.45) is 0 Å². The van der Waals surface area contributed by atoms with Gasteiger partial charge in [0.05, 0.1) is 31.0 Å². The third kappa shape index (κ3) is 4.13. The van der Waals surface area contributed by atoms with E-state index in [0.29, 0.717) is 18.9 Å². The predicted octanol–water partition coefficient (Wildman–Crippen LogP) is 3.61. The molecule has 24 heavy (non-hydrogen) atoms. The lowest BCUT2D eigenvalue weighted by molar-refractivity contribution is -0.115. The topological polar surface area (TPSA) is 41.6 Å². The highest BCUT2D eigenvalue weighted by molar-refractivity contribution is 9.10. The lowest BCUT2D eigenvalue weighted by Gasteiger charge is -2.30. The van der Waals surface area contributed by atoms with Gasteiger partial charge in [-0.25, -0.2) is 4.39 Å². The molecule has 126 valence electrons. The SMILES string of the molecule is O=C(Cc1ccccc1Br)Nc1cc(F)ccc1N1CCOCC1. The molecule has 2 aromatic carbocycles. The van der Waals surface area contributed by atoms with Crippen LogP contribution in [0.25, 0.3) is 0 Å². The molecule has 6 heteroatoms. The zero-order chi connectivity index (χ0) is 16.9. The molecule has 0 bridgehead atoms. The van der Waals surface area contributed by atoms with Gasteiger partial charge in [-0.15, -0.1) is 0 Å². The van der Waals surface area contributed by atoms with Gasteiger partial charge < -0.3 is 15.0 Å². The third-order valence-corrected chi connectivity index (χ3v) is 4.67. The summed E-state index contributed by atoms with van der Waals surface area (Å²) in [4.78, 5) is 14.5. The molecule has 0 unspecified atom stereocenters. The molecule has 1 fully saturated rings. The summed E-state index contributed by atoms with van der Waals surface area (Å²) >= 11 is 3.44. The summed E-state index contributed by atoms with van der Waals surface area (Å²) in [5.41, 5.74) is 2.20. The minimum absolute atomic E-state index is 0.179. The Hall–Kier alpha value is -1.92. The van der Waals surface area contributed by atoms with Crippen LogP contribution in [0, 0.1) is 5.82 Å². The van der Waals surface area contributed by atoms with Crippen molar-refractivity contribution in [2.75, 3.05) is 36.5 Å². The quantitative estimate of drug-likeness (QED) is 0.863. The van der Waals surface area contributed by atoms with Crippen molar-refractivity contribution in [1.29, 1.82) is 0 Å². The largest absolute Gasteiger partial charge is 0.378 e. The van der Waals surface area contributed by atoms with Crippen LogP contribution < -0.4 is 10.2 Å². The Morgan fingerprint density at radius 3 is 2.71 bits per heavy atom. The molecule has 1 N–H and O–H groups in total. The van der Waals surface area contributed by atoms with E-state index in [1.165, 1.54) is 12.1 Å². The number of carbonyl (C=O) groups is 1. The van der Waals surface area contributed by atoms with Crippen LogP contribution in [-0.4, -0.2) is 32.2 Å². The van der Waals surface area contributed by atoms with Crippen LogP contribution in [0.1, 0.15) is 5.56 Å². The molecule has 0 atom stereocenters. The van der Waals surface area contributed by atoms with Gasteiger partial charge in [-0.1, -0.05) is 34.1 Å². The zero-order valence-corrected chi connectivity index (χ0v) is 14.7. The zero-order valence-electron chi connectivity index (χ0n) is 13.1. The molecule has 0 saturated carbocycles. The lowest BCUT2D eigenvalue weighted by atomic mass is 10.1. The number of nitrogens with zero attached hydrogens (tertiary/aromatic N) is 1. The highest BCUT2D eigenvalue weighted by Gasteiger charge is 2.17. The molecule has 1 amide bonds. The number of amides is 1. The first kappa shape index (κ1) is 16.9. The monoisotopic (exact) mass is 392 g/mol. The number of hydrogen-bond acceptors (Lipinski definition) is 3. The van der Waals surface area contributed by atoms with Gasteiger partial charge in [0.15, 0.2) is 0 Å². The van der Waals surface area contributed by atoms with Crippen molar-refractivity contribution in [3.63, 3.8) is 0 Å². The molecule has 0 radical (unpaired) electrons. The van der Waals surface area contributed by atoms with E-state index in [0.717, 1.165) is 28.8 Å². The lowest BCUT2D eigenvalue weighted by Crippen LogP contribution is -2.36. The summed E-state index contributed by atoms with van der Waals surface area (Å²) < 4.78 is 19.9. The number of halogens is 2. The average Bonchev–Trinajstić information content (AvgIpc) is 2.58. The number of ether oxygens (including phenoxy) is 1. The summed E-state index contributed by atoms with van der Waals surface area (Å²) in [6.07, 6.45) is 0.223. The van der Waals surface area contributed by atoms with Gasteiger partial charge in [0.1, 0.15) is 5.82 Å². The fourth-order valence-corrected chi connectivity index (χ4v) is 3.12. The molecule has 1 heterocycles. The normalized spacial score (nSPS) is 14.5. The minimum atomic E-state index is -0.372. The van der Waals surface area contributed by atoms with Crippen molar-refractivity contribution in [1.82, 2.24) is 0 Å². The number of nitrogens with one attached hydrogen (secondary N) is 1. The van der Waals surface area contributed by atoms with Crippen LogP contribution >= 0.6 is 15.9 Å². The summed E-state index contributed by atoms with van der Waals surface area (Å²) in [5, 5.41) is 2.84. The van der Waals surface area contributed by atoms with E-state index in [1.807, 2.05) is 24.3 Å². The Kier molecular flexibility index (Phi) is 5.48. The highest BCUT2D eigenvalue weighted by Crippen LogP contribution is 2.28. The summed E-state index contributed by atoms with van der Waals surface area (Å²) in [7, 11) is 0. The molecule has 0 spiro atoms. The molecule has 4 nitrogen and oxygen atoms in total. The van der Waals surface area contributed by atoms with Gasteiger partial charge in [0.25, 0.3) is 0 Å². The first-order valence-corrected chi connectivity index (χ1v) is 8.58. The Morgan fingerprint density at radius 1 is 1.21 bits per heavy atom. The van der Waals surface area contributed by atoms with E-state index in [-0.39, 0.29) is 18.1 Å². The first-order chi connectivity index (χ1) is 11.6. The van der Waals surface area contributed by atoms with Crippen molar-refractivity contribution >= 4 is 33.2 Å². The Labute approximate surface area is 148 Å². The molecule has 3 rings (SSSR count). The average molecular weight is 393 g/mol. The van der Waals surface area contributed by atoms with Crippen molar-refractivity contribution in [3.05, 3.63) is 58.3 Å². The van der Waals surface area contributed by atoms with Crippen molar-refractivity contribution in [2.45, 2.75) is 6.42 Å². The second kappa shape index (κ2) is 7.77. The summed E-state index contributed by atoms with van der Waals surface area (Å²) in [6, 6.07) is 12.0. The number of rotatable bonds is 4. The van der Waals surface area contributed by atoms with Crippen molar-refractivity contribution in [3.8, 4) is 0 Å². The van der Waals surface area contributed by atoms with E-state index < -0.39 is 0 Å². The fourth-order valence-electron chi connectivity index (χ4n) is 2.70. The number of carbonyl (C=O) groups excluding carboxylic acids is 1. The van der Waals surface area contributed by atoms with Gasteiger partial charge in [-0.3, -0.25) is 4.79 Å². The van der Waals surface area contributed by atoms with Crippen LogP contribution in [0.15, 0.2) is 46.9 Å². The number of benzene rings is 2. The molecule has 1 aliphatic heterocycles. The van der Waals surface area contributed by atoms with Crippen LogP contribution in [-0.2, 0) is 16.0 Å². The standard InChI is InChI=1S/C18H18BrFN2O2/c19-15-4-2-1-3-13(15)11-18(23)21-16-12-14(20)5-6-17(16)22-7-9-24-10-8-22/h1-6,12H,7-11H2,(H,21,23). The van der Waals surface area contributed by atoms with E-state index in [9.17, 15) is 9.18 Å². The van der Waals surface area contributed by atoms with Gasteiger partial charge >= 0.3 is 0 Å². The molecule has 1 saturated heterocycles. The smallest absolute Gasteiger partial charge is 0.228 e. The van der Waals surface area contributed by atoms with Crippen molar-refractivity contribution < 1.29 is 13.9 Å². The van der Waals surface area contributed by atoms with E-state index in [4.69, 9.17) is 4.74 Å². The van der Waals surface area contributed by atoms with Gasteiger partial charge in [0, 0.05) is 17.6 Å². The molecule has 0 aromatic heterocycles. The second-order valence-corrected chi connectivity index (χ2v) is 6.43. The predicted molar refractivity (Wildman–Crippen MR) is 95.9 cm³/mol. The Bertz CT molecular complexity index is 733. The van der Waals surface area contributed by atoms with Crippen LogP contribution in [0.4, 0.5) is 15.8 Å². The maximum absolute atomic E-state index is 13.7. The van der Waals surface area contributed by atoms with E-state index in [2.05, 4.69) is 26.1 Å². The Morgan fingerprint density at radius 2 is 1.96 bits per heavy atom. The molecule has 0 aliphatic carbocycles. The molecule has 1 aliphatic rings. The molecular formula is C18H18BrFN2O2. The van der Waals surface area contributed by atoms with Gasteiger partial charge in [-0.05, 0) is 29.8 Å². The molecule has 2 aromatic rings. The van der Waals surface area contributed by atoms with Crippen LogP contribution in [0.5, 0.6) is 0 Å². The van der Waals surface area contributed by atoms with E-state index in [1.54, 1.807) is 6.07 Å².